The normalized spacial score (nSPS) is 16.0. The lowest BCUT2D eigenvalue weighted by Crippen LogP contribution is -2.40. The van der Waals surface area contributed by atoms with Crippen molar-refractivity contribution < 1.29 is 4.79 Å². The molecule has 0 radical (unpaired) electrons. The molecule has 3 aromatic rings. The first-order valence-electron chi connectivity index (χ1n) is 9.10. The molecule has 1 N–H and O–H groups in total. The van der Waals surface area contributed by atoms with Crippen LogP contribution in [-0.4, -0.2) is 49.6 Å². The van der Waals surface area contributed by atoms with Crippen LogP contribution < -0.4 is 11.0 Å². The molecule has 1 amide bonds. The zero-order valence-electron chi connectivity index (χ0n) is 15.2. The number of amides is 1. The molecule has 1 aliphatic heterocycles. The smallest absolute Gasteiger partial charge is 0.302 e. The molecule has 8 nitrogen and oxygen atoms in total. The molecule has 0 spiro atoms. The Bertz CT molecular complexity index is 999. The number of thiazole rings is 1. The van der Waals surface area contributed by atoms with E-state index < -0.39 is 0 Å². The number of pyridine rings is 1. The molecule has 3 aromatic heterocycles. The zero-order chi connectivity index (χ0) is 18.8. The Kier molecular flexibility index (Phi) is 5.04. The molecule has 0 bridgehead atoms. The Hall–Kier alpha value is -2.52. The van der Waals surface area contributed by atoms with Gasteiger partial charge in [-0.2, -0.15) is 0 Å². The lowest BCUT2D eigenvalue weighted by Gasteiger charge is -2.30. The molecule has 9 heteroatoms. The summed E-state index contributed by atoms with van der Waals surface area (Å²) in [5.41, 5.74) is 1.47. The molecule has 1 saturated heterocycles. The molecule has 1 aliphatic rings. The van der Waals surface area contributed by atoms with Crippen LogP contribution in [0.25, 0.3) is 5.65 Å². The topological polar surface area (TPSA) is 84.5 Å². The number of carbonyl (C=O) groups is 1. The number of hydrogen-bond acceptors (Lipinski definition) is 6. The third-order valence-electron chi connectivity index (χ3n) is 4.92. The van der Waals surface area contributed by atoms with E-state index in [0.29, 0.717) is 17.3 Å². The second kappa shape index (κ2) is 7.61. The SMILES string of the molecule is Cc1csc(NC(=O)C2CCN(CCn3nc4ccccn4c3=O)CC2)n1. The summed E-state index contributed by atoms with van der Waals surface area (Å²) in [6.45, 7) is 4.91. The van der Waals surface area contributed by atoms with E-state index >= 15 is 0 Å². The van der Waals surface area contributed by atoms with Gasteiger partial charge < -0.3 is 10.2 Å². The lowest BCUT2D eigenvalue weighted by atomic mass is 9.96. The molecule has 0 atom stereocenters. The molecule has 0 aromatic carbocycles. The zero-order valence-corrected chi connectivity index (χ0v) is 16.0. The average molecular weight is 386 g/mol. The number of piperidine rings is 1. The first kappa shape index (κ1) is 17.9. The van der Waals surface area contributed by atoms with Crippen LogP contribution in [0.4, 0.5) is 5.13 Å². The van der Waals surface area contributed by atoms with Gasteiger partial charge in [0.25, 0.3) is 0 Å². The van der Waals surface area contributed by atoms with Crippen molar-refractivity contribution in [1.29, 1.82) is 0 Å². The number of likely N-dealkylation sites (tertiary alicyclic amines) is 1. The van der Waals surface area contributed by atoms with Gasteiger partial charge in [0.05, 0.1) is 12.2 Å². The van der Waals surface area contributed by atoms with Gasteiger partial charge in [0.2, 0.25) is 5.91 Å². The molecule has 4 rings (SSSR count). The van der Waals surface area contributed by atoms with Crippen molar-refractivity contribution in [2.45, 2.75) is 26.3 Å². The molecule has 0 aliphatic carbocycles. The van der Waals surface area contributed by atoms with Crippen molar-refractivity contribution >= 4 is 28.0 Å². The van der Waals surface area contributed by atoms with Gasteiger partial charge in [0.15, 0.2) is 10.8 Å². The molecular weight excluding hydrogens is 364 g/mol. The second-order valence-electron chi connectivity index (χ2n) is 6.83. The van der Waals surface area contributed by atoms with Crippen molar-refractivity contribution in [2.75, 3.05) is 25.0 Å². The van der Waals surface area contributed by atoms with Crippen molar-refractivity contribution in [1.82, 2.24) is 24.1 Å². The average Bonchev–Trinajstić information content (AvgIpc) is 3.23. The van der Waals surface area contributed by atoms with E-state index in [4.69, 9.17) is 0 Å². The molecule has 0 unspecified atom stereocenters. The van der Waals surface area contributed by atoms with Crippen LogP contribution in [0.2, 0.25) is 0 Å². The predicted molar refractivity (Wildman–Crippen MR) is 104 cm³/mol. The van der Waals surface area contributed by atoms with Crippen LogP contribution in [0.15, 0.2) is 34.6 Å². The Morgan fingerprint density at radius 3 is 2.81 bits per heavy atom. The maximum absolute atomic E-state index is 12.4. The largest absolute Gasteiger partial charge is 0.350 e. The van der Waals surface area contributed by atoms with Gasteiger partial charge in [0.1, 0.15) is 0 Å². The third kappa shape index (κ3) is 3.93. The third-order valence-corrected chi connectivity index (χ3v) is 5.80. The number of rotatable bonds is 5. The molecule has 0 saturated carbocycles. The molecule has 142 valence electrons. The van der Waals surface area contributed by atoms with Crippen LogP contribution >= 0.6 is 11.3 Å². The Morgan fingerprint density at radius 2 is 2.11 bits per heavy atom. The van der Waals surface area contributed by atoms with E-state index in [1.54, 1.807) is 10.6 Å². The number of aromatic nitrogens is 4. The first-order chi connectivity index (χ1) is 13.1. The van der Waals surface area contributed by atoms with Crippen LogP contribution in [0.5, 0.6) is 0 Å². The minimum atomic E-state index is -0.112. The van der Waals surface area contributed by atoms with E-state index in [1.807, 2.05) is 30.5 Å². The van der Waals surface area contributed by atoms with Gasteiger partial charge >= 0.3 is 5.69 Å². The number of hydrogen-bond donors (Lipinski definition) is 1. The summed E-state index contributed by atoms with van der Waals surface area (Å²) in [6.07, 6.45) is 3.36. The van der Waals surface area contributed by atoms with E-state index in [2.05, 4.69) is 20.3 Å². The van der Waals surface area contributed by atoms with Crippen LogP contribution in [0.1, 0.15) is 18.5 Å². The summed E-state index contributed by atoms with van der Waals surface area (Å²) < 4.78 is 3.07. The minimum Gasteiger partial charge on any atom is -0.302 e. The number of aryl methyl sites for hydroxylation is 1. The standard InChI is InChI=1S/C18H22N6O2S/c1-13-12-27-17(19-13)20-16(25)14-5-8-22(9-6-14)10-11-24-18(26)23-7-3-2-4-15(23)21-24/h2-4,7,12,14H,5-6,8-11H2,1H3,(H,19,20,25). The fraction of sp³-hybridized carbons (Fsp3) is 0.444. The van der Waals surface area contributed by atoms with Gasteiger partial charge in [-0.3, -0.25) is 9.20 Å². The highest BCUT2D eigenvalue weighted by Gasteiger charge is 2.25. The van der Waals surface area contributed by atoms with Crippen molar-refractivity contribution in [3.8, 4) is 0 Å². The molecule has 27 heavy (non-hydrogen) atoms. The summed E-state index contributed by atoms with van der Waals surface area (Å²) in [4.78, 5) is 31.3. The summed E-state index contributed by atoms with van der Waals surface area (Å²) >= 11 is 1.46. The number of fused-ring (bicyclic) bond motifs is 1. The number of nitrogens with one attached hydrogen (secondary N) is 1. The molecular formula is C18H22N6O2S. The van der Waals surface area contributed by atoms with E-state index in [0.717, 1.165) is 38.2 Å². The van der Waals surface area contributed by atoms with Crippen LogP contribution in [0, 0.1) is 12.8 Å². The lowest BCUT2D eigenvalue weighted by molar-refractivity contribution is -0.121. The van der Waals surface area contributed by atoms with E-state index in [9.17, 15) is 9.59 Å². The summed E-state index contributed by atoms with van der Waals surface area (Å²) in [7, 11) is 0. The van der Waals surface area contributed by atoms with Gasteiger partial charge in [-0.1, -0.05) is 6.07 Å². The highest BCUT2D eigenvalue weighted by Crippen LogP contribution is 2.21. The Morgan fingerprint density at radius 1 is 1.30 bits per heavy atom. The van der Waals surface area contributed by atoms with E-state index in [-0.39, 0.29) is 17.5 Å². The van der Waals surface area contributed by atoms with Gasteiger partial charge in [-0.25, -0.2) is 14.5 Å². The maximum atomic E-state index is 12.4. The number of anilines is 1. The van der Waals surface area contributed by atoms with Crippen molar-refractivity contribution in [3.63, 3.8) is 0 Å². The highest BCUT2D eigenvalue weighted by molar-refractivity contribution is 7.13. The predicted octanol–water partition coefficient (Wildman–Crippen LogP) is 1.61. The Labute approximate surface area is 160 Å². The van der Waals surface area contributed by atoms with Gasteiger partial charge in [0, 0.05) is 24.0 Å². The highest BCUT2D eigenvalue weighted by atomic mass is 32.1. The summed E-state index contributed by atoms with van der Waals surface area (Å²) in [6, 6.07) is 5.52. The van der Waals surface area contributed by atoms with Crippen LogP contribution in [0.3, 0.4) is 0 Å². The van der Waals surface area contributed by atoms with Gasteiger partial charge in [-0.05, 0) is 45.0 Å². The molecule has 1 fully saturated rings. The quantitative estimate of drug-likeness (QED) is 0.720. The number of nitrogens with zero attached hydrogens (tertiary/aromatic N) is 5. The second-order valence-corrected chi connectivity index (χ2v) is 7.69. The van der Waals surface area contributed by atoms with Crippen molar-refractivity contribution in [3.05, 3.63) is 46.0 Å². The van der Waals surface area contributed by atoms with Crippen molar-refractivity contribution in [2.24, 2.45) is 5.92 Å². The first-order valence-corrected chi connectivity index (χ1v) is 9.98. The monoisotopic (exact) mass is 386 g/mol. The summed E-state index contributed by atoms with van der Waals surface area (Å²) in [5.74, 6) is 0.0731. The van der Waals surface area contributed by atoms with E-state index in [1.165, 1.54) is 16.0 Å². The van der Waals surface area contributed by atoms with Gasteiger partial charge in [-0.15, -0.1) is 16.4 Å². The Balaban J connectivity index is 1.28. The fourth-order valence-electron chi connectivity index (χ4n) is 3.39. The minimum absolute atomic E-state index is 0.0170. The fourth-order valence-corrected chi connectivity index (χ4v) is 4.08. The molecule has 4 heterocycles. The number of carbonyl (C=O) groups excluding carboxylic acids is 1. The van der Waals surface area contributed by atoms with Crippen LogP contribution in [-0.2, 0) is 11.3 Å². The summed E-state index contributed by atoms with van der Waals surface area (Å²) in [5, 5.41) is 9.88. The maximum Gasteiger partial charge on any atom is 0.350 e.